The fraction of sp³-hybridized carbons (Fsp3) is 0.393. The maximum atomic E-state index is 13.3. The molecule has 3 aromatic rings. The molecule has 4 aliphatic rings. The molecule has 2 aromatic carbocycles. The molecule has 174 valence electrons. The van der Waals surface area contributed by atoms with E-state index in [2.05, 4.69) is 5.32 Å². The monoisotopic (exact) mass is 455 g/mol. The van der Waals surface area contributed by atoms with E-state index in [4.69, 9.17) is 15.5 Å². The lowest BCUT2D eigenvalue weighted by molar-refractivity contribution is -0.145. The molecule has 1 heterocycles. The molecule has 0 aliphatic heterocycles. The van der Waals surface area contributed by atoms with E-state index in [-0.39, 0.29) is 23.3 Å². The number of amides is 2. The van der Waals surface area contributed by atoms with Crippen LogP contribution in [0.2, 0.25) is 0 Å². The van der Waals surface area contributed by atoms with Gasteiger partial charge in [-0.25, -0.2) is 4.98 Å². The van der Waals surface area contributed by atoms with Crippen molar-refractivity contribution in [3.63, 3.8) is 0 Å². The Morgan fingerprint density at radius 2 is 1.74 bits per heavy atom. The summed E-state index contributed by atoms with van der Waals surface area (Å²) in [5.41, 5.74) is 7.60. The largest absolute Gasteiger partial charge is 0.487 e. The molecule has 4 bridgehead atoms. The van der Waals surface area contributed by atoms with Crippen molar-refractivity contribution in [3.8, 4) is 5.75 Å². The van der Waals surface area contributed by atoms with Crippen molar-refractivity contribution in [3.05, 3.63) is 71.9 Å². The Balaban J connectivity index is 1.21. The third-order valence-electron chi connectivity index (χ3n) is 8.25. The van der Waals surface area contributed by atoms with Gasteiger partial charge in [-0.05, 0) is 67.6 Å². The minimum Gasteiger partial charge on any atom is -0.487 e. The van der Waals surface area contributed by atoms with Crippen molar-refractivity contribution in [2.24, 2.45) is 28.9 Å². The lowest BCUT2D eigenvalue weighted by Crippen LogP contribution is -2.62. The number of hydrogen-bond acceptors (Lipinski definition) is 4. The first-order chi connectivity index (χ1) is 16.5. The number of hydrogen-bond donors (Lipinski definition) is 2. The van der Waals surface area contributed by atoms with Crippen molar-refractivity contribution >= 4 is 22.7 Å². The lowest BCUT2D eigenvalue weighted by atomic mass is 9.47. The third kappa shape index (κ3) is 3.61. The number of nitrogens with two attached hydrogens (primary N) is 1. The second-order valence-electron chi connectivity index (χ2n) is 10.4. The SMILES string of the molecule is NC(=O)C12CC3CC(C1)C(NC(=O)c1ccc4cccc(OCc5ccccc5)c4n1)C(C3)C2. The van der Waals surface area contributed by atoms with Crippen LogP contribution in [0.4, 0.5) is 0 Å². The van der Waals surface area contributed by atoms with Crippen molar-refractivity contribution in [1.29, 1.82) is 0 Å². The first kappa shape index (κ1) is 21.1. The summed E-state index contributed by atoms with van der Waals surface area (Å²) in [6.07, 6.45) is 4.65. The zero-order chi connectivity index (χ0) is 23.3. The van der Waals surface area contributed by atoms with Gasteiger partial charge in [0, 0.05) is 16.8 Å². The number of para-hydroxylation sites is 1. The highest BCUT2D eigenvalue weighted by molar-refractivity contribution is 5.96. The number of rotatable bonds is 6. The highest BCUT2D eigenvalue weighted by Gasteiger charge is 2.58. The Hall–Kier alpha value is -3.41. The molecule has 3 N–H and O–H groups in total. The fourth-order valence-corrected chi connectivity index (χ4v) is 6.89. The quantitative estimate of drug-likeness (QED) is 0.582. The molecule has 34 heavy (non-hydrogen) atoms. The van der Waals surface area contributed by atoms with Crippen LogP contribution in [-0.4, -0.2) is 22.8 Å². The summed E-state index contributed by atoms with van der Waals surface area (Å²) in [4.78, 5) is 30.2. The molecule has 0 saturated heterocycles. The van der Waals surface area contributed by atoms with Gasteiger partial charge >= 0.3 is 0 Å². The Kier molecular flexibility index (Phi) is 5.05. The zero-order valence-corrected chi connectivity index (χ0v) is 19.1. The molecule has 2 amide bonds. The van der Waals surface area contributed by atoms with E-state index in [1.807, 2.05) is 54.6 Å². The highest BCUT2D eigenvalue weighted by Crippen LogP contribution is 2.59. The minimum absolute atomic E-state index is 0.0820. The summed E-state index contributed by atoms with van der Waals surface area (Å²) >= 11 is 0. The maximum Gasteiger partial charge on any atom is 0.270 e. The van der Waals surface area contributed by atoms with Gasteiger partial charge in [0.1, 0.15) is 23.6 Å². The normalized spacial score (nSPS) is 29.2. The standard InChI is InChI=1S/C28H29N3O3/c29-27(33)28-13-18-11-20(14-28)24(21(12-18)15-28)31-26(32)22-10-9-19-7-4-8-23(25(19)30-22)34-16-17-5-2-1-3-6-17/h1-10,18,20-21,24H,11-16H2,(H2,29,33)(H,31,32). The minimum atomic E-state index is -0.357. The van der Waals surface area contributed by atoms with E-state index in [1.54, 1.807) is 6.07 Å². The van der Waals surface area contributed by atoms with E-state index in [1.165, 1.54) is 0 Å². The van der Waals surface area contributed by atoms with Gasteiger partial charge in [-0.15, -0.1) is 0 Å². The van der Waals surface area contributed by atoms with Gasteiger partial charge in [0.25, 0.3) is 5.91 Å². The van der Waals surface area contributed by atoms with Crippen LogP contribution in [0, 0.1) is 23.2 Å². The fourth-order valence-electron chi connectivity index (χ4n) is 6.89. The zero-order valence-electron chi connectivity index (χ0n) is 19.1. The van der Waals surface area contributed by atoms with Crippen molar-refractivity contribution in [2.75, 3.05) is 0 Å². The molecule has 4 fully saturated rings. The average molecular weight is 456 g/mol. The van der Waals surface area contributed by atoms with Gasteiger partial charge < -0.3 is 15.8 Å². The van der Waals surface area contributed by atoms with E-state index in [0.29, 0.717) is 41.3 Å². The van der Waals surface area contributed by atoms with Crippen LogP contribution >= 0.6 is 0 Å². The first-order valence-electron chi connectivity index (χ1n) is 12.2. The number of benzene rings is 2. The van der Waals surface area contributed by atoms with Crippen LogP contribution < -0.4 is 15.8 Å². The van der Waals surface area contributed by atoms with Crippen molar-refractivity contribution < 1.29 is 14.3 Å². The Labute approximate surface area is 198 Å². The van der Waals surface area contributed by atoms with Crippen LogP contribution in [0.3, 0.4) is 0 Å². The van der Waals surface area contributed by atoms with Gasteiger partial charge in [0.15, 0.2) is 0 Å². The van der Waals surface area contributed by atoms with Gasteiger partial charge in [0.05, 0.1) is 0 Å². The second kappa shape index (κ2) is 8.12. The lowest BCUT2D eigenvalue weighted by Gasteiger charge is -2.58. The van der Waals surface area contributed by atoms with Crippen molar-refractivity contribution in [1.82, 2.24) is 10.3 Å². The molecular formula is C28H29N3O3. The first-order valence-corrected chi connectivity index (χ1v) is 12.2. The van der Waals surface area contributed by atoms with E-state index in [9.17, 15) is 9.59 Å². The molecule has 1 aromatic heterocycles. The van der Waals surface area contributed by atoms with E-state index >= 15 is 0 Å². The summed E-state index contributed by atoms with van der Waals surface area (Å²) in [6, 6.07) is 19.6. The molecule has 2 unspecified atom stereocenters. The Morgan fingerprint density at radius 1 is 0.971 bits per heavy atom. The van der Waals surface area contributed by atoms with Gasteiger partial charge in [-0.3, -0.25) is 9.59 Å². The molecule has 0 radical (unpaired) electrons. The number of carbonyl (C=O) groups is 2. The topological polar surface area (TPSA) is 94.3 Å². The molecule has 4 aliphatic carbocycles. The highest BCUT2D eigenvalue weighted by atomic mass is 16.5. The number of primary amides is 1. The number of aromatic nitrogens is 1. The number of fused-ring (bicyclic) bond motifs is 1. The number of nitrogens with one attached hydrogen (secondary N) is 1. The van der Waals surface area contributed by atoms with Gasteiger partial charge in [0.2, 0.25) is 5.91 Å². The third-order valence-corrected chi connectivity index (χ3v) is 8.25. The molecular weight excluding hydrogens is 426 g/mol. The van der Waals surface area contributed by atoms with E-state index < -0.39 is 0 Å². The maximum absolute atomic E-state index is 13.3. The summed E-state index contributed by atoms with van der Waals surface area (Å²) < 4.78 is 6.06. The Bertz CT molecular complexity index is 1240. The van der Waals surface area contributed by atoms with Crippen LogP contribution in [0.15, 0.2) is 60.7 Å². The van der Waals surface area contributed by atoms with E-state index in [0.717, 1.165) is 43.1 Å². The van der Waals surface area contributed by atoms with Gasteiger partial charge in [-0.1, -0.05) is 48.5 Å². The summed E-state index contributed by atoms with van der Waals surface area (Å²) in [7, 11) is 0. The molecule has 4 saturated carbocycles. The van der Waals surface area contributed by atoms with Crippen LogP contribution in [0.1, 0.15) is 48.2 Å². The molecule has 7 rings (SSSR count). The summed E-state index contributed by atoms with van der Waals surface area (Å²) in [5.74, 6) is 1.53. The van der Waals surface area contributed by atoms with Crippen LogP contribution in [0.5, 0.6) is 5.75 Å². The molecule has 2 atom stereocenters. The van der Waals surface area contributed by atoms with Crippen LogP contribution in [-0.2, 0) is 11.4 Å². The molecule has 6 nitrogen and oxygen atoms in total. The number of pyridine rings is 1. The number of nitrogens with zero attached hydrogens (tertiary/aromatic N) is 1. The summed E-state index contributed by atoms with van der Waals surface area (Å²) in [6.45, 7) is 0.437. The molecule has 6 heteroatoms. The van der Waals surface area contributed by atoms with Gasteiger partial charge in [-0.2, -0.15) is 0 Å². The molecule has 0 spiro atoms. The number of carbonyl (C=O) groups excluding carboxylic acids is 2. The Morgan fingerprint density at radius 3 is 2.47 bits per heavy atom. The van der Waals surface area contributed by atoms with Crippen LogP contribution in [0.25, 0.3) is 10.9 Å². The number of ether oxygens (including phenoxy) is 1. The average Bonchev–Trinajstić information content (AvgIpc) is 2.84. The second-order valence-corrected chi connectivity index (χ2v) is 10.4. The predicted molar refractivity (Wildman–Crippen MR) is 129 cm³/mol. The summed E-state index contributed by atoms with van der Waals surface area (Å²) in [5, 5.41) is 4.21. The van der Waals surface area contributed by atoms with Crippen molar-refractivity contribution in [2.45, 2.75) is 44.8 Å². The predicted octanol–water partition coefficient (Wildman–Crippen LogP) is 4.22. The smallest absolute Gasteiger partial charge is 0.270 e.